The van der Waals surface area contributed by atoms with Gasteiger partial charge >= 0.3 is 0 Å². The van der Waals surface area contributed by atoms with Gasteiger partial charge in [-0.25, -0.2) is 0 Å². The zero-order valence-corrected chi connectivity index (χ0v) is 9.93. The number of fused-ring (bicyclic) bond motifs is 1. The zero-order valence-electron chi connectivity index (χ0n) is 9.93. The molecular weight excluding hydrogens is 212 g/mol. The van der Waals surface area contributed by atoms with Crippen molar-refractivity contribution in [1.29, 1.82) is 0 Å². The molecule has 0 amide bonds. The van der Waals surface area contributed by atoms with Gasteiger partial charge in [-0.3, -0.25) is 0 Å². The van der Waals surface area contributed by atoms with Crippen LogP contribution in [0, 0.1) is 5.92 Å². The van der Waals surface area contributed by atoms with Gasteiger partial charge in [-0.1, -0.05) is 18.2 Å². The normalized spacial score (nSPS) is 15.6. The van der Waals surface area contributed by atoms with Crippen molar-refractivity contribution < 1.29 is 4.74 Å². The molecule has 1 saturated carbocycles. The number of hydrogen-bond acceptors (Lipinski definition) is 2. The van der Waals surface area contributed by atoms with E-state index in [0.29, 0.717) is 13.3 Å². The molecule has 1 aromatic carbocycles. The van der Waals surface area contributed by atoms with Crippen LogP contribution in [0.3, 0.4) is 0 Å². The Morgan fingerprint density at radius 2 is 2.12 bits per heavy atom. The quantitative estimate of drug-likeness (QED) is 0.857. The number of nitrogens with zero attached hydrogens (tertiary/aromatic N) is 1. The maximum Gasteiger partial charge on any atom is 0.122 e. The van der Waals surface area contributed by atoms with E-state index >= 15 is 0 Å². The molecule has 0 saturated heterocycles. The number of hydrogen-bond donors (Lipinski definition) is 1. The van der Waals surface area contributed by atoms with Crippen LogP contribution in [0.15, 0.2) is 30.5 Å². The van der Waals surface area contributed by atoms with Crippen LogP contribution in [0.2, 0.25) is 0 Å². The maximum absolute atomic E-state index is 5.76. The Labute approximate surface area is 101 Å². The lowest BCUT2D eigenvalue weighted by molar-refractivity contribution is 0.0717. The van der Waals surface area contributed by atoms with E-state index in [-0.39, 0.29) is 0 Å². The predicted molar refractivity (Wildman–Crippen MR) is 68.5 cm³/mol. The maximum atomic E-state index is 5.76. The molecule has 2 N–H and O–H groups in total. The molecule has 17 heavy (non-hydrogen) atoms. The lowest BCUT2D eigenvalue weighted by atomic mass is 10.2. The summed E-state index contributed by atoms with van der Waals surface area (Å²) >= 11 is 0. The number of para-hydroxylation sites is 1. The molecule has 90 valence electrons. The fourth-order valence-electron chi connectivity index (χ4n) is 2.19. The minimum atomic E-state index is 0.580. The molecule has 3 nitrogen and oxygen atoms in total. The van der Waals surface area contributed by atoms with E-state index in [4.69, 9.17) is 10.5 Å². The molecule has 2 aromatic rings. The van der Waals surface area contributed by atoms with E-state index < -0.39 is 0 Å². The van der Waals surface area contributed by atoms with E-state index in [1.54, 1.807) is 0 Å². The molecule has 1 aliphatic carbocycles. The fourth-order valence-corrected chi connectivity index (χ4v) is 2.19. The summed E-state index contributed by atoms with van der Waals surface area (Å²) in [4.78, 5) is 0. The molecule has 1 fully saturated rings. The van der Waals surface area contributed by atoms with E-state index in [2.05, 4.69) is 35.0 Å². The van der Waals surface area contributed by atoms with Crippen molar-refractivity contribution in [2.45, 2.75) is 26.1 Å². The summed E-state index contributed by atoms with van der Waals surface area (Å²) in [6, 6.07) is 8.35. The highest BCUT2D eigenvalue weighted by molar-refractivity contribution is 5.83. The average molecular weight is 230 g/mol. The second kappa shape index (κ2) is 4.51. The van der Waals surface area contributed by atoms with Crippen LogP contribution in [0.4, 0.5) is 0 Å². The molecule has 1 aromatic heterocycles. The number of nitrogens with two attached hydrogens (primary N) is 1. The zero-order chi connectivity index (χ0) is 11.7. The second-order valence-electron chi connectivity index (χ2n) is 4.79. The first kappa shape index (κ1) is 10.8. The third-order valence-electron chi connectivity index (χ3n) is 3.37. The highest BCUT2D eigenvalue weighted by Crippen LogP contribution is 2.29. The molecule has 1 heterocycles. The molecule has 3 rings (SSSR count). The van der Waals surface area contributed by atoms with Crippen molar-refractivity contribution in [3.8, 4) is 0 Å². The Hall–Kier alpha value is -1.32. The van der Waals surface area contributed by atoms with Gasteiger partial charge in [-0.05, 0) is 30.4 Å². The smallest absolute Gasteiger partial charge is 0.122 e. The van der Waals surface area contributed by atoms with Gasteiger partial charge in [-0.2, -0.15) is 0 Å². The number of aromatic nitrogens is 1. The Morgan fingerprint density at radius 1 is 1.29 bits per heavy atom. The third kappa shape index (κ3) is 2.21. The summed E-state index contributed by atoms with van der Waals surface area (Å²) in [7, 11) is 0. The molecule has 3 heteroatoms. The summed E-state index contributed by atoms with van der Waals surface area (Å²) in [5.74, 6) is 0.811. The summed E-state index contributed by atoms with van der Waals surface area (Å²) in [5.41, 5.74) is 8.16. The predicted octanol–water partition coefficient (Wildman–Crippen LogP) is 2.48. The van der Waals surface area contributed by atoms with Crippen molar-refractivity contribution in [1.82, 2.24) is 4.57 Å². The molecule has 0 radical (unpaired) electrons. The van der Waals surface area contributed by atoms with Crippen LogP contribution < -0.4 is 5.73 Å². The van der Waals surface area contributed by atoms with E-state index in [1.807, 2.05) is 0 Å². The van der Waals surface area contributed by atoms with Crippen molar-refractivity contribution in [2.24, 2.45) is 11.7 Å². The molecule has 0 bridgehead atoms. The van der Waals surface area contributed by atoms with Gasteiger partial charge in [0, 0.05) is 18.1 Å². The van der Waals surface area contributed by atoms with Crippen molar-refractivity contribution in [2.75, 3.05) is 6.61 Å². The Morgan fingerprint density at radius 3 is 2.88 bits per heavy atom. The molecule has 0 atom stereocenters. The molecule has 0 aliphatic heterocycles. The second-order valence-corrected chi connectivity index (χ2v) is 4.79. The number of rotatable bonds is 5. The average Bonchev–Trinajstić information content (AvgIpc) is 3.11. The van der Waals surface area contributed by atoms with Gasteiger partial charge in [-0.15, -0.1) is 0 Å². The number of ether oxygens (including phenoxy) is 1. The van der Waals surface area contributed by atoms with Crippen LogP contribution in [-0.2, 0) is 18.0 Å². The standard InChI is InChI=1S/C14H18N2O/c15-7-12-8-16(10-17-9-11-5-6-11)14-4-2-1-3-13(12)14/h1-4,8,11H,5-7,9-10,15H2. The van der Waals surface area contributed by atoms with Crippen molar-refractivity contribution in [3.63, 3.8) is 0 Å². The molecule has 1 aliphatic rings. The lowest BCUT2D eigenvalue weighted by Crippen LogP contribution is -2.03. The SMILES string of the molecule is NCc1cn(COCC2CC2)c2ccccc12. The van der Waals surface area contributed by atoms with Gasteiger partial charge in [0.05, 0.1) is 12.1 Å². The summed E-state index contributed by atoms with van der Waals surface area (Å²) < 4.78 is 7.88. The number of benzene rings is 1. The first-order valence-electron chi connectivity index (χ1n) is 6.23. The summed E-state index contributed by atoms with van der Waals surface area (Å²) in [5, 5.41) is 1.24. The minimum absolute atomic E-state index is 0.580. The Kier molecular flexibility index (Phi) is 2.87. The van der Waals surface area contributed by atoms with Crippen LogP contribution >= 0.6 is 0 Å². The minimum Gasteiger partial charge on any atom is -0.360 e. The molecule has 0 spiro atoms. The largest absolute Gasteiger partial charge is 0.360 e. The van der Waals surface area contributed by atoms with Gasteiger partial charge in [0.2, 0.25) is 0 Å². The third-order valence-corrected chi connectivity index (χ3v) is 3.37. The Balaban J connectivity index is 1.81. The van der Waals surface area contributed by atoms with Crippen LogP contribution in [0.25, 0.3) is 10.9 Å². The van der Waals surface area contributed by atoms with Crippen LogP contribution in [0.5, 0.6) is 0 Å². The summed E-state index contributed by atoms with van der Waals surface area (Å²) in [6.45, 7) is 2.11. The van der Waals surface area contributed by atoms with Crippen molar-refractivity contribution >= 4 is 10.9 Å². The highest BCUT2D eigenvalue weighted by Gasteiger charge is 2.21. The van der Waals surface area contributed by atoms with E-state index in [9.17, 15) is 0 Å². The van der Waals surface area contributed by atoms with Gasteiger partial charge < -0.3 is 15.0 Å². The monoisotopic (exact) mass is 230 g/mol. The molecule has 0 unspecified atom stereocenters. The molecular formula is C14H18N2O. The van der Waals surface area contributed by atoms with Gasteiger partial charge in [0.25, 0.3) is 0 Å². The first-order chi connectivity index (χ1) is 8.38. The van der Waals surface area contributed by atoms with E-state index in [0.717, 1.165) is 12.5 Å². The summed E-state index contributed by atoms with van der Waals surface area (Å²) in [6.07, 6.45) is 4.78. The van der Waals surface area contributed by atoms with Crippen molar-refractivity contribution in [3.05, 3.63) is 36.0 Å². The fraction of sp³-hybridized carbons (Fsp3) is 0.429. The van der Waals surface area contributed by atoms with Crippen LogP contribution in [0.1, 0.15) is 18.4 Å². The Bertz CT molecular complexity index is 514. The topological polar surface area (TPSA) is 40.2 Å². The van der Waals surface area contributed by atoms with Gasteiger partial charge in [0.1, 0.15) is 6.73 Å². The first-order valence-corrected chi connectivity index (χ1v) is 6.23. The van der Waals surface area contributed by atoms with E-state index in [1.165, 1.54) is 29.3 Å². The van der Waals surface area contributed by atoms with Crippen LogP contribution in [-0.4, -0.2) is 11.2 Å². The lowest BCUT2D eigenvalue weighted by Gasteiger charge is -2.06. The van der Waals surface area contributed by atoms with Gasteiger partial charge in [0.15, 0.2) is 0 Å². The highest BCUT2D eigenvalue weighted by atomic mass is 16.5.